The Morgan fingerprint density at radius 1 is 0.591 bits per heavy atom. The van der Waals surface area contributed by atoms with Crippen LogP contribution in [0.2, 0.25) is 0 Å². The molecule has 0 heterocycles. The third-order valence-corrected chi connectivity index (χ3v) is 3.58. The number of nitrogens with one attached hydrogen (secondary N) is 2. The van der Waals surface area contributed by atoms with Crippen molar-refractivity contribution >= 4 is 11.4 Å². The predicted molar refractivity (Wildman–Crippen MR) is 94.0 cm³/mol. The molecular formula is C20H20N2. The molecule has 1 atom stereocenters. The van der Waals surface area contributed by atoms with E-state index in [-0.39, 0.29) is 6.17 Å². The minimum Gasteiger partial charge on any atom is -0.362 e. The zero-order chi connectivity index (χ0) is 15.2. The van der Waals surface area contributed by atoms with Gasteiger partial charge in [0, 0.05) is 11.4 Å². The van der Waals surface area contributed by atoms with Crippen molar-refractivity contribution in [2.75, 3.05) is 10.6 Å². The van der Waals surface area contributed by atoms with Gasteiger partial charge in [0.2, 0.25) is 0 Å². The first-order valence-corrected chi connectivity index (χ1v) is 7.51. The van der Waals surface area contributed by atoms with E-state index in [1.54, 1.807) is 0 Å². The minimum absolute atomic E-state index is 0.0197. The standard InChI is InChI=1S/C20H20N2/c1-16-12-14-19(15-13-16)22-20(17-8-4-2-5-9-17)21-18-10-6-3-7-11-18/h2-15,20-22H,1H3. The average molecular weight is 288 g/mol. The predicted octanol–water partition coefficient (Wildman–Crippen LogP) is 5.22. The Labute approximate surface area is 131 Å². The maximum atomic E-state index is 3.56. The Kier molecular flexibility index (Phi) is 4.40. The molecule has 0 radical (unpaired) electrons. The van der Waals surface area contributed by atoms with Gasteiger partial charge in [0.15, 0.2) is 0 Å². The number of hydrogen-bond donors (Lipinski definition) is 2. The molecule has 2 heteroatoms. The fourth-order valence-corrected chi connectivity index (χ4v) is 2.37. The Hall–Kier alpha value is -2.74. The summed E-state index contributed by atoms with van der Waals surface area (Å²) in [5.41, 5.74) is 4.66. The monoisotopic (exact) mass is 288 g/mol. The highest BCUT2D eigenvalue weighted by molar-refractivity contribution is 5.52. The van der Waals surface area contributed by atoms with Gasteiger partial charge in [-0.3, -0.25) is 0 Å². The van der Waals surface area contributed by atoms with E-state index in [1.165, 1.54) is 11.1 Å². The number of aryl methyl sites for hydroxylation is 1. The van der Waals surface area contributed by atoms with E-state index in [9.17, 15) is 0 Å². The van der Waals surface area contributed by atoms with Crippen molar-refractivity contribution in [2.24, 2.45) is 0 Å². The summed E-state index contributed by atoms with van der Waals surface area (Å²) in [5, 5.41) is 7.11. The molecule has 2 N–H and O–H groups in total. The molecule has 0 bridgehead atoms. The highest BCUT2D eigenvalue weighted by Crippen LogP contribution is 2.22. The summed E-state index contributed by atoms with van der Waals surface area (Å²) in [6.07, 6.45) is 0.0197. The van der Waals surface area contributed by atoms with E-state index < -0.39 is 0 Å². The normalized spacial score (nSPS) is 11.7. The molecule has 0 amide bonds. The number of hydrogen-bond acceptors (Lipinski definition) is 2. The summed E-state index contributed by atoms with van der Waals surface area (Å²) in [6.45, 7) is 2.10. The second-order valence-electron chi connectivity index (χ2n) is 5.36. The fraction of sp³-hybridized carbons (Fsp3) is 0.100. The number of anilines is 2. The van der Waals surface area contributed by atoms with E-state index in [4.69, 9.17) is 0 Å². The lowest BCUT2D eigenvalue weighted by Gasteiger charge is -2.23. The van der Waals surface area contributed by atoms with Crippen LogP contribution < -0.4 is 10.6 Å². The highest BCUT2D eigenvalue weighted by atomic mass is 15.1. The van der Waals surface area contributed by atoms with Gasteiger partial charge in [0.25, 0.3) is 0 Å². The average Bonchev–Trinajstić information content (AvgIpc) is 2.58. The van der Waals surface area contributed by atoms with Gasteiger partial charge in [-0.2, -0.15) is 0 Å². The lowest BCUT2D eigenvalue weighted by Crippen LogP contribution is -2.19. The van der Waals surface area contributed by atoms with Crippen molar-refractivity contribution in [1.29, 1.82) is 0 Å². The Balaban J connectivity index is 1.84. The third-order valence-electron chi connectivity index (χ3n) is 3.58. The SMILES string of the molecule is Cc1ccc(NC(Nc2ccccc2)c2ccccc2)cc1. The van der Waals surface area contributed by atoms with E-state index in [0.717, 1.165) is 11.4 Å². The largest absolute Gasteiger partial charge is 0.362 e. The molecular weight excluding hydrogens is 268 g/mol. The topological polar surface area (TPSA) is 24.1 Å². The van der Waals surface area contributed by atoms with Crippen molar-refractivity contribution in [3.8, 4) is 0 Å². The summed E-state index contributed by atoms with van der Waals surface area (Å²) in [6, 6.07) is 29.1. The van der Waals surface area contributed by atoms with Gasteiger partial charge in [0.1, 0.15) is 6.17 Å². The van der Waals surface area contributed by atoms with Crippen LogP contribution in [0.25, 0.3) is 0 Å². The van der Waals surface area contributed by atoms with E-state index >= 15 is 0 Å². The Morgan fingerprint density at radius 2 is 1.09 bits per heavy atom. The first-order valence-electron chi connectivity index (χ1n) is 7.51. The van der Waals surface area contributed by atoms with Crippen LogP contribution in [0.4, 0.5) is 11.4 Å². The van der Waals surface area contributed by atoms with Gasteiger partial charge in [-0.25, -0.2) is 0 Å². The van der Waals surface area contributed by atoms with Crippen LogP contribution in [-0.4, -0.2) is 0 Å². The van der Waals surface area contributed by atoms with Gasteiger partial charge in [-0.15, -0.1) is 0 Å². The van der Waals surface area contributed by atoms with Crippen LogP contribution in [0.1, 0.15) is 17.3 Å². The molecule has 3 aromatic rings. The van der Waals surface area contributed by atoms with Crippen LogP contribution in [0.5, 0.6) is 0 Å². The molecule has 0 spiro atoms. The lowest BCUT2D eigenvalue weighted by molar-refractivity contribution is 0.902. The first-order chi connectivity index (χ1) is 10.8. The second-order valence-corrected chi connectivity index (χ2v) is 5.36. The maximum absolute atomic E-state index is 3.56. The van der Waals surface area contributed by atoms with Crippen LogP contribution in [0.3, 0.4) is 0 Å². The molecule has 0 aliphatic heterocycles. The fourth-order valence-electron chi connectivity index (χ4n) is 2.37. The number of rotatable bonds is 5. The van der Waals surface area contributed by atoms with Gasteiger partial charge < -0.3 is 10.6 Å². The molecule has 0 aromatic heterocycles. The van der Waals surface area contributed by atoms with Crippen molar-refractivity contribution in [1.82, 2.24) is 0 Å². The summed E-state index contributed by atoms with van der Waals surface area (Å²) >= 11 is 0. The Morgan fingerprint density at radius 3 is 1.68 bits per heavy atom. The quantitative estimate of drug-likeness (QED) is 0.629. The van der Waals surface area contributed by atoms with Gasteiger partial charge in [0.05, 0.1) is 0 Å². The smallest absolute Gasteiger partial charge is 0.123 e. The minimum atomic E-state index is 0.0197. The van der Waals surface area contributed by atoms with Gasteiger partial charge in [-0.05, 0) is 36.8 Å². The Bertz CT molecular complexity index is 691. The molecule has 3 aromatic carbocycles. The molecule has 0 fully saturated rings. The van der Waals surface area contributed by atoms with Crippen molar-refractivity contribution in [3.63, 3.8) is 0 Å². The van der Waals surface area contributed by atoms with Crippen LogP contribution in [0, 0.1) is 6.92 Å². The molecule has 1 unspecified atom stereocenters. The van der Waals surface area contributed by atoms with Crippen molar-refractivity contribution in [3.05, 3.63) is 96.1 Å². The molecule has 110 valence electrons. The highest BCUT2D eigenvalue weighted by Gasteiger charge is 2.10. The molecule has 0 aliphatic rings. The molecule has 2 nitrogen and oxygen atoms in total. The molecule has 0 aliphatic carbocycles. The molecule has 22 heavy (non-hydrogen) atoms. The maximum Gasteiger partial charge on any atom is 0.123 e. The van der Waals surface area contributed by atoms with Gasteiger partial charge in [-0.1, -0.05) is 66.2 Å². The number of benzene rings is 3. The van der Waals surface area contributed by atoms with Gasteiger partial charge >= 0.3 is 0 Å². The van der Waals surface area contributed by atoms with Crippen molar-refractivity contribution < 1.29 is 0 Å². The summed E-state index contributed by atoms with van der Waals surface area (Å²) < 4.78 is 0. The summed E-state index contributed by atoms with van der Waals surface area (Å²) in [7, 11) is 0. The van der Waals surface area contributed by atoms with Crippen LogP contribution >= 0.6 is 0 Å². The van der Waals surface area contributed by atoms with E-state index in [1.807, 2.05) is 24.3 Å². The van der Waals surface area contributed by atoms with Crippen molar-refractivity contribution in [2.45, 2.75) is 13.1 Å². The lowest BCUT2D eigenvalue weighted by atomic mass is 10.1. The van der Waals surface area contributed by atoms with E-state index in [0.29, 0.717) is 0 Å². The summed E-state index contributed by atoms with van der Waals surface area (Å²) in [5.74, 6) is 0. The first kappa shape index (κ1) is 14.2. The number of para-hydroxylation sites is 1. The van der Waals surface area contributed by atoms with E-state index in [2.05, 4.69) is 78.2 Å². The molecule has 0 saturated carbocycles. The van der Waals surface area contributed by atoms with Crippen LogP contribution in [0.15, 0.2) is 84.9 Å². The third kappa shape index (κ3) is 3.67. The summed E-state index contributed by atoms with van der Waals surface area (Å²) in [4.78, 5) is 0. The molecule has 3 rings (SSSR count). The van der Waals surface area contributed by atoms with Crippen LogP contribution in [-0.2, 0) is 0 Å². The zero-order valence-electron chi connectivity index (χ0n) is 12.7. The second kappa shape index (κ2) is 6.81. The zero-order valence-corrected chi connectivity index (χ0v) is 12.7. The molecule has 0 saturated heterocycles.